The van der Waals surface area contributed by atoms with Gasteiger partial charge in [0.1, 0.15) is 0 Å². The van der Waals surface area contributed by atoms with Crippen molar-refractivity contribution in [2.75, 3.05) is 13.1 Å². The molecule has 1 rings (SSSR count). The lowest BCUT2D eigenvalue weighted by Gasteiger charge is -2.31. The number of amides is 1. The van der Waals surface area contributed by atoms with Gasteiger partial charge in [-0.3, -0.25) is 4.79 Å². The maximum atomic E-state index is 12.7. The summed E-state index contributed by atoms with van der Waals surface area (Å²) in [5, 5.41) is 6.42. The Balaban J connectivity index is 0.00000400. The fourth-order valence-corrected chi connectivity index (χ4v) is 2.70. The van der Waals surface area contributed by atoms with E-state index in [1.54, 1.807) is 0 Å². The molecule has 4 heteroatoms. The van der Waals surface area contributed by atoms with Gasteiger partial charge in [0.2, 0.25) is 5.91 Å². The fourth-order valence-electron chi connectivity index (χ4n) is 2.70. The lowest BCUT2D eigenvalue weighted by molar-refractivity contribution is -0.127. The Labute approximate surface area is 135 Å². The van der Waals surface area contributed by atoms with Crippen LogP contribution in [0.3, 0.4) is 0 Å². The van der Waals surface area contributed by atoms with E-state index in [1.807, 2.05) is 18.2 Å². The van der Waals surface area contributed by atoms with Gasteiger partial charge in [-0.2, -0.15) is 0 Å². The topological polar surface area (TPSA) is 41.1 Å². The molecule has 2 N–H and O–H groups in total. The molecule has 0 saturated carbocycles. The number of likely N-dealkylation sites (N-methyl/N-ethyl adjacent to an activating group) is 1. The van der Waals surface area contributed by atoms with Crippen molar-refractivity contribution in [1.29, 1.82) is 0 Å². The van der Waals surface area contributed by atoms with Gasteiger partial charge >= 0.3 is 0 Å². The maximum absolute atomic E-state index is 12.7. The molecule has 3 nitrogen and oxygen atoms in total. The van der Waals surface area contributed by atoms with E-state index in [1.165, 1.54) is 0 Å². The van der Waals surface area contributed by atoms with Crippen LogP contribution in [0.4, 0.5) is 0 Å². The van der Waals surface area contributed by atoms with Gasteiger partial charge in [-0.1, -0.05) is 51.1 Å². The number of carbonyl (C=O) groups is 1. The summed E-state index contributed by atoms with van der Waals surface area (Å²) < 4.78 is 0. The number of carbonyl (C=O) groups excluding carboxylic acids is 1. The van der Waals surface area contributed by atoms with Gasteiger partial charge in [0.05, 0.1) is 5.41 Å². The van der Waals surface area contributed by atoms with Crippen LogP contribution >= 0.6 is 12.4 Å². The quantitative estimate of drug-likeness (QED) is 0.773. The first-order chi connectivity index (χ1) is 9.60. The molecule has 120 valence electrons. The first-order valence-corrected chi connectivity index (χ1v) is 7.67. The van der Waals surface area contributed by atoms with Crippen LogP contribution in [0.5, 0.6) is 0 Å². The van der Waals surface area contributed by atoms with Crippen LogP contribution in [-0.4, -0.2) is 25.0 Å². The zero-order valence-corrected chi connectivity index (χ0v) is 14.4. The molecule has 0 fully saturated rings. The highest BCUT2D eigenvalue weighted by Crippen LogP contribution is 2.31. The van der Waals surface area contributed by atoms with Crippen LogP contribution in [0.15, 0.2) is 30.3 Å². The van der Waals surface area contributed by atoms with E-state index in [0.717, 1.165) is 24.9 Å². The predicted molar refractivity (Wildman–Crippen MR) is 92.1 cm³/mol. The number of hydrogen-bond acceptors (Lipinski definition) is 2. The van der Waals surface area contributed by atoms with Gasteiger partial charge in [0.25, 0.3) is 0 Å². The Morgan fingerprint density at radius 3 is 2.19 bits per heavy atom. The molecule has 0 aliphatic carbocycles. The minimum Gasteiger partial charge on any atom is -0.354 e. The predicted octanol–water partition coefficient (Wildman–Crippen LogP) is 3.28. The summed E-state index contributed by atoms with van der Waals surface area (Å²) in [5.41, 5.74) is 0.700. The molecule has 1 aromatic rings. The number of hydrogen-bond donors (Lipinski definition) is 2. The van der Waals surface area contributed by atoms with Crippen LogP contribution in [0.25, 0.3) is 0 Å². The Hall–Kier alpha value is -1.06. The molecule has 0 aliphatic heterocycles. The molecule has 1 amide bonds. The van der Waals surface area contributed by atoms with Gasteiger partial charge in [0, 0.05) is 12.6 Å². The van der Waals surface area contributed by atoms with Crippen LogP contribution < -0.4 is 10.6 Å². The van der Waals surface area contributed by atoms with Gasteiger partial charge in [-0.15, -0.1) is 12.4 Å². The SMILES string of the molecule is CCN[C@H](C)CNC(=O)C(CC)(CC)c1ccccc1.Cl. The first kappa shape index (κ1) is 19.9. The summed E-state index contributed by atoms with van der Waals surface area (Å²) >= 11 is 0. The van der Waals surface area contributed by atoms with E-state index >= 15 is 0 Å². The minimum absolute atomic E-state index is 0. The summed E-state index contributed by atoms with van der Waals surface area (Å²) in [6, 6.07) is 10.4. The highest BCUT2D eigenvalue weighted by molar-refractivity contribution is 5.88. The van der Waals surface area contributed by atoms with Crippen molar-refractivity contribution in [3.63, 3.8) is 0 Å². The van der Waals surface area contributed by atoms with Crippen LogP contribution in [0.2, 0.25) is 0 Å². The molecule has 0 saturated heterocycles. The van der Waals surface area contributed by atoms with Gasteiger partial charge in [-0.25, -0.2) is 0 Å². The van der Waals surface area contributed by atoms with Crippen molar-refractivity contribution in [3.05, 3.63) is 35.9 Å². The van der Waals surface area contributed by atoms with E-state index in [0.29, 0.717) is 12.6 Å². The minimum atomic E-state index is -0.410. The molecule has 1 atom stereocenters. The monoisotopic (exact) mass is 312 g/mol. The summed E-state index contributed by atoms with van der Waals surface area (Å²) in [6.07, 6.45) is 1.63. The smallest absolute Gasteiger partial charge is 0.230 e. The summed E-state index contributed by atoms with van der Waals surface area (Å²) in [4.78, 5) is 12.7. The highest BCUT2D eigenvalue weighted by Gasteiger charge is 2.36. The van der Waals surface area contributed by atoms with Crippen molar-refractivity contribution in [2.45, 2.75) is 52.0 Å². The standard InChI is InChI=1S/C17H28N2O.ClH/c1-5-17(6-2,15-11-9-8-10-12-15)16(20)19-13-14(4)18-7-3;/h8-12,14,18H,5-7,13H2,1-4H3,(H,19,20);1H/t14-;/m1./s1. The zero-order valence-electron chi connectivity index (χ0n) is 13.6. The normalized spacial score (nSPS) is 12.4. The van der Waals surface area contributed by atoms with Crippen molar-refractivity contribution >= 4 is 18.3 Å². The molecule has 0 heterocycles. The third-order valence-corrected chi connectivity index (χ3v) is 4.09. The van der Waals surface area contributed by atoms with Crippen LogP contribution in [0, 0.1) is 0 Å². The van der Waals surface area contributed by atoms with Gasteiger partial charge < -0.3 is 10.6 Å². The second-order valence-corrected chi connectivity index (χ2v) is 5.32. The molecule has 0 aromatic heterocycles. The average Bonchev–Trinajstić information content (AvgIpc) is 2.48. The van der Waals surface area contributed by atoms with E-state index in [9.17, 15) is 4.79 Å². The summed E-state index contributed by atoms with van der Waals surface area (Å²) in [6.45, 7) is 9.92. The Bertz CT molecular complexity index is 405. The van der Waals surface area contributed by atoms with E-state index < -0.39 is 5.41 Å². The summed E-state index contributed by atoms with van der Waals surface area (Å²) in [5.74, 6) is 0.137. The molecular weight excluding hydrogens is 284 g/mol. The van der Waals surface area contributed by atoms with Crippen molar-refractivity contribution < 1.29 is 4.79 Å². The summed E-state index contributed by atoms with van der Waals surface area (Å²) in [7, 11) is 0. The van der Waals surface area contributed by atoms with Crippen molar-refractivity contribution in [1.82, 2.24) is 10.6 Å². The van der Waals surface area contributed by atoms with Crippen LogP contribution in [0.1, 0.15) is 46.1 Å². The Morgan fingerprint density at radius 2 is 1.71 bits per heavy atom. The van der Waals surface area contributed by atoms with E-state index in [2.05, 4.69) is 50.5 Å². The highest BCUT2D eigenvalue weighted by atomic mass is 35.5. The van der Waals surface area contributed by atoms with Gasteiger partial charge in [0.15, 0.2) is 0 Å². The second-order valence-electron chi connectivity index (χ2n) is 5.32. The second kappa shape index (κ2) is 9.80. The largest absolute Gasteiger partial charge is 0.354 e. The Morgan fingerprint density at radius 1 is 1.14 bits per heavy atom. The maximum Gasteiger partial charge on any atom is 0.230 e. The Kier molecular flexibility index (Phi) is 9.31. The molecule has 21 heavy (non-hydrogen) atoms. The molecule has 0 radical (unpaired) electrons. The number of rotatable bonds is 8. The molecule has 0 aliphatic rings. The fraction of sp³-hybridized carbons (Fsp3) is 0.588. The van der Waals surface area contributed by atoms with Gasteiger partial charge in [-0.05, 0) is 31.9 Å². The molecule has 1 aromatic carbocycles. The van der Waals surface area contributed by atoms with Crippen molar-refractivity contribution in [2.24, 2.45) is 0 Å². The first-order valence-electron chi connectivity index (χ1n) is 7.67. The number of halogens is 1. The van der Waals surface area contributed by atoms with Crippen LogP contribution in [-0.2, 0) is 10.2 Å². The van der Waals surface area contributed by atoms with Crippen molar-refractivity contribution in [3.8, 4) is 0 Å². The third kappa shape index (κ3) is 5.01. The van der Waals surface area contributed by atoms with E-state index in [-0.39, 0.29) is 18.3 Å². The van der Waals surface area contributed by atoms with E-state index in [4.69, 9.17) is 0 Å². The zero-order chi connectivity index (χ0) is 15.0. The molecule has 0 spiro atoms. The lowest BCUT2D eigenvalue weighted by atomic mass is 9.75. The average molecular weight is 313 g/mol. The number of nitrogens with one attached hydrogen (secondary N) is 2. The lowest BCUT2D eigenvalue weighted by Crippen LogP contribution is -2.47. The molecule has 0 bridgehead atoms. The molecule has 0 unspecified atom stereocenters. The third-order valence-electron chi connectivity index (χ3n) is 4.09. The number of benzene rings is 1. The molecular formula is C17H29ClN2O.